The lowest BCUT2D eigenvalue weighted by molar-refractivity contribution is 0.0945. The minimum absolute atomic E-state index is 0.218. The zero-order valence-electron chi connectivity index (χ0n) is 14.1. The first-order valence-corrected chi connectivity index (χ1v) is 8.20. The van der Waals surface area contributed by atoms with Gasteiger partial charge in [0.05, 0.1) is 11.0 Å². The van der Waals surface area contributed by atoms with E-state index in [-0.39, 0.29) is 5.91 Å². The number of hydrogen-bond donors (Lipinski definition) is 1. The summed E-state index contributed by atoms with van der Waals surface area (Å²) >= 11 is 0. The van der Waals surface area contributed by atoms with Crippen molar-refractivity contribution in [2.24, 2.45) is 7.05 Å². The van der Waals surface area contributed by atoms with E-state index < -0.39 is 0 Å². The molecule has 24 heavy (non-hydrogen) atoms. The number of amides is 1. The van der Waals surface area contributed by atoms with Crippen LogP contribution in [0.25, 0.3) is 11.0 Å². The summed E-state index contributed by atoms with van der Waals surface area (Å²) in [4.78, 5) is 21.1. The van der Waals surface area contributed by atoms with E-state index in [9.17, 15) is 4.79 Å². The smallest absolute Gasteiger partial charge is 0.273 e. The number of fused-ring (bicyclic) bond motifs is 1. The van der Waals surface area contributed by atoms with Crippen LogP contribution in [0.1, 0.15) is 52.3 Å². The maximum atomic E-state index is 12.2. The molecule has 0 aliphatic heterocycles. The lowest BCUT2D eigenvalue weighted by Gasteiger charge is -2.04. The molecule has 0 spiro atoms. The minimum Gasteiger partial charge on any atom is -0.445 e. The number of nitrogens with zero attached hydrogens (tertiary/aromatic N) is 3. The van der Waals surface area contributed by atoms with Crippen LogP contribution in [0.2, 0.25) is 0 Å². The summed E-state index contributed by atoms with van der Waals surface area (Å²) in [5.41, 5.74) is 3.49. The van der Waals surface area contributed by atoms with Gasteiger partial charge in [-0.1, -0.05) is 6.07 Å². The van der Waals surface area contributed by atoms with E-state index in [2.05, 4.69) is 28.0 Å². The van der Waals surface area contributed by atoms with Crippen molar-refractivity contribution in [1.29, 1.82) is 0 Å². The molecule has 1 aliphatic carbocycles. The summed E-state index contributed by atoms with van der Waals surface area (Å²) < 4.78 is 7.48. The van der Waals surface area contributed by atoms with Crippen LogP contribution in [0.4, 0.5) is 0 Å². The van der Waals surface area contributed by atoms with Gasteiger partial charge in [-0.3, -0.25) is 4.79 Å². The van der Waals surface area contributed by atoms with Gasteiger partial charge >= 0.3 is 0 Å². The third kappa shape index (κ3) is 2.58. The van der Waals surface area contributed by atoms with Gasteiger partial charge in [0, 0.05) is 26.4 Å². The molecule has 0 bridgehead atoms. The first-order valence-electron chi connectivity index (χ1n) is 8.20. The molecule has 1 saturated carbocycles. The van der Waals surface area contributed by atoms with Crippen LogP contribution in [0.3, 0.4) is 0 Å². The summed E-state index contributed by atoms with van der Waals surface area (Å²) in [5, 5.41) is 2.89. The van der Waals surface area contributed by atoms with Gasteiger partial charge < -0.3 is 14.3 Å². The lowest BCUT2D eigenvalue weighted by Crippen LogP contribution is -2.23. The Hall–Kier alpha value is -2.63. The number of rotatable bonds is 4. The van der Waals surface area contributed by atoms with E-state index in [1.165, 1.54) is 18.7 Å². The summed E-state index contributed by atoms with van der Waals surface area (Å²) in [6.45, 7) is 3.92. The van der Waals surface area contributed by atoms with Crippen molar-refractivity contribution in [3.63, 3.8) is 0 Å². The van der Waals surface area contributed by atoms with Crippen LogP contribution < -0.4 is 5.32 Å². The normalized spacial score (nSPS) is 14.3. The minimum atomic E-state index is -0.218. The number of hydrogen-bond acceptors (Lipinski definition) is 4. The van der Waals surface area contributed by atoms with Crippen LogP contribution in [-0.2, 0) is 13.6 Å². The molecule has 0 radical (unpaired) electrons. The van der Waals surface area contributed by atoms with Crippen molar-refractivity contribution in [1.82, 2.24) is 19.9 Å². The Morgan fingerprint density at radius 1 is 1.33 bits per heavy atom. The Morgan fingerprint density at radius 2 is 2.12 bits per heavy atom. The Morgan fingerprint density at radius 3 is 2.79 bits per heavy atom. The largest absolute Gasteiger partial charge is 0.445 e. The van der Waals surface area contributed by atoms with Gasteiger partial charge in [-0.05, 0) is 37.5 Å². The van der Waals surface area contributed by atoms with Crippen molar-refractivity contribution >= 4 is 16.9 Å². The van der Waals surface area contributed by atoms with E-state index in [4.69, 9.17) is 9.40 Å². The van der Waals surface area contributed by atoms with Crippen molar-refractivity contribution in [3.05, 3.63) is 46.9 Å². The van der Waals surface area contributed by atoms with Gasteiger partial charge in [0.25, 0.3) is 5.91 Å². The number of benzene rings is 1. The highest BCUT2D eigenvalue weighted by Crippen LogP contribution is 2.40. The average molecular weight is 324 g/mol. The SMILES string of the molecule is Cc1nc(C(=O)NCc2ccc3c(c2)nc(C2CC2)n3C)c(C)o1. The molecule has 4 rings (SSSR count). The highest BCUT2D eigenvalue weighted by molar-refractivity contribution is 5.93. The zero-order chi connectivity index (χ0) is 16.8. The number of carbonyl (C=O) groups is 1. The molecule has 1 N–H and O–H groups in total. The number of aromatic nitrogens is 3. The van der Waals surface area contributed by atoms with E-state index in [0.717, 1.165) is 16.6 Å². The fraction of sp³-hybridized carbons (Fsp3) is 0.389. The van der Waals surface area contributed by atoms with Gasteiger partial charge in [0.15, 0.2) is 11.6 Å². The molecule has 1 fully saturated rings. The molecule has 0 saturated heterocycles. The van der Waals surface area contributed by atoms with E-state index in [0.29, 0.717) is 29.8 Å². The monoisotopic (exact) mass is 324 g/mol. The standard InChI is InChI=1S/C18H20N4O2/c1-10-16(20-11(2)24-10)18(23)19-9-12-4-7-15-14(8-12)21-17(22(15)3)13-5-6-13/h4,7-8,13H,5-6,9H2,1-3H3,(H,19,23). The Labute approximate surface area is 139 Å². The number of imidazole rings is 1. The van der Waals surface area contributed by atoms with E-state index in [1.54, 1.807) is 13.8 Å². The predicted octanol–water partition coefficient (Wildman–Crippen LogP) is 2.99. The molecule has 2 heterocycles. The molecule has 6 heteroatoms. The van der Waals surface area contributed by atoms with Gasteiger partial charge in [-0.15, -0.1) is 0 Å². The molecule has 0 unspecified atom stereocenters. The molecular weight excluding hydrogens is 304 g/mol. The zero-order valence-corrected chi connectivity index (χ0v) is 14.1. The molecule has 6 nitrogen and oxygen atoms in total. The van der Waals surface area contributed by atoms with Crippen LogP contribution in [-0.4, -0.2) is 20.4 Å². The predicted molar refractivity (Wildman–Crippen MR) is 89.8 cm³/mol. The third-order valence-electron chi connectivity index (χ3n) is 4.49. The Kier molecular flexibility index (Phi) is 3.40. The molecular formula is C18H20N4O2. The molecule has 2 aromatic heterocycles. The number of nitrogens with one attached hydrogen (secondary N) is 1. The van der Waals surface area contributed by atoms with E-state index in [1.807, 2.05) is 12.1 Å². The van der Waals surface area contributed by atoms with Crippen molar-refractivity contribution in [2.75, 3.05) is 0 Å². The summed E-state index contributed by atoms with van der Waals surface area (Å²) in [6, 6.07) is 6.14. The van der Waals surface area contributed by atoms with Crippen molar-refractivity contribution < 1.29 is 9.21 Å². The lowest BCUT2D eigenvalue weighted by atomic mass is 10.2. The van der Waals surface area contributed by atoms with Crippen LogP contribution in [0, 0.1) is 13.8 Å². The van der Waals surface area contributed by atoms with Crippen molar-refractivity contribution in [3.8, 4) is 0 Å². The Balaban J connectivity index is 1.52. The van der Waals surface area contributed by atoms with Crippen LogP contribution >= 0.6 is 0 Å². The fourth-order valence-electron chi connectivity index (χ4n) is 3.09. The van der Waals surface area contributed by atoms with Gasteiger partial charge in [0.2, 0.25) is 0 Å². The Bertz CT molecular complexity index is 934. The molecule has 1 aliphatic rings. The topological polar surface area (TPSA) is 73.0 Å². The maximum Gasteiger partial charge on any atom is 0.273 e. The second kappa shape index (κ2) is 5.47. The maximum absolute atomic E-state index is 12.2. The number of carbonyl (C=O) groups excluding carboxylic acids is 1. The molecule has 1 amide bonds. The number of oxazole rings is 1. The first-order chi connectivity index (χ1) is 11.5. The highest BCUT2D eigenvalue weighted by atomic mass is 16.4. The van der Waals surface area contributed by atoms with Crippen LogP contribution in [0.15, 0.2) is 22.6 Å². The molecule has 124 valence electrons. The van der Waals surface area contributed by atoms with Crippen LogP contribution in [0.5, 0.6) is 0 Å². The first kappa shape index (κ1) is 14.9. The third-order valence-corrected chi connectivity index (χ3v) is 4.49. The molecule has 3 aromatic rings. The van der Waals surface area contributed by atoms with Gasteiger partial charge in [0.1, 0.15) is 11.6 Å². The average Bonchev–Trinajstić information content (AvgIpc) is 3.27. The highest BCUT2D eigenvalue weighted by Gasteiger charge is 2.28. The second-order valence-corrected chi connectivity index (χ2v) is 6.45. The second-order valence-electron chi connectivity index (χ2n) is 6.45. The van der Waals surface area contributed by atoms with E-state index >= 15 is 0 Å². The summed E-state index contributed by atoms with van der Waals surface area (Å²) in [6.07, 6.45) is 2.47. The number of aryl methyl sites for hydroxylation is 3. The molecule has 1 aromatic carbocycles. The summed E-state index contributed by atoms with van der Waals surface area (Å²) in [7, 11) is 2.07. The fourth-order valence-corrected chi connectivity index (χ4v) is 3.09. The van der Waals surface area contributed by atoms with Crippen molar-refractivity contribution in [2.45, 2.75) is 39.2 Å². The molecule has 0 atom stereocenters. The quantitative estimate of drug-likeness (QED) is 0.801. The van der Waals surface area contributed by atoms with Gasteiger partial charge in [-0.25, -0.2) is 9.97 Å². The summed E-state index contributed by atoms with van der Waals surface area (Å²) in [5.74, 6) is 2.60. The van der Waals surface area contributed by atoms with Gasteiger partial charge in [-0.2, -0.15) is 0 Å².